The minimum Gasteiger partial charge on any atom is -0.496 e. The van der Waals surface area contributed by atoms with Gasteiger partial charge < -0.3 is 15.2 Å². The van der Waals surface area contributed by atoms with Gasteiger partial charge in [-0.3, -0.25) is 0 Å². The molecule has 0 aliphatic carbocycles. The largest absolute Gasteiger partial charge is 0.496 e. The molecule has 18 heavy (non-hydrogen) atoms. The van der Waals surface area contributed by atoms with Crippen LogP contribution in [0.3, 0.4) is 0 Å². The van der Waals surface area contributed by atoms with Crippen molar-refractivity contribution in [1.29, 1.82) is 0 Å². The Balaban J connectivity index is 2.93. The second-order valence-corrected chi connectivity index (χ2v) is 5.45. The Morgan fingerprint density at radius 1 is 1.17 bits per heavy atom. The Labute approximate surface area is 110 Å². The van der Waals surface area contributed by atoms with E-state index in [1.807, 2.05) is 13.0 Å². The summed E-state index contributed by atoms with van der Waals surface area (Å²) in [5, 5.41) is 0. The van der Waals surface area contributed by atoms with Crippen LogP contribution in [0.4, 0.5) is 0 Å². The second kappa shape index (κ2) is 6.10. The monoisotopic (exact) mass is 251 g/mol. The standard InChI is InChI=1S/C15H25NO2/c1-11-13(17-4)7-6-12(14(11)18-5)8-9-15(2,3)10-16/h6-7H,8-10,16H2,1-5H3. The van der Waals surface area contributed by atoms with Crippen LogP contribution in [0.5, 0.6) is 11.5 Å². The summed E-state index contributed by atoms with van der Waals surface area (Å²) >= 11 is 0. The summed E-state index contributed by atoms with van der Waals surface area (Å²) in [5.74, 6) is 1.80. The molecule has 102 valence electrons. The summed E-state index contributed by atoms with van der Waals surface area (Å²) in [6.45, 7) is 7.10. The van der Waals surface area contributed by atoms with Crippen molar-refractivity contribution in [3.05, 3.63) is 23.3 Å². The number of aryl methyl sites for hydroxylation is 1. The number of hydrogen-bond acceptors (Lipinski definition) is 3. The van der Waals surface area contributed by atoms with E-state index in [2.05, 4.69) is 19.9 Å². The van der Waals surface area contributed by atoms with E-state index in [1.165, 1.54) is 5.56 Å². The summed E-state index contributed by atoms with van der Waals surface area (Å²) in [7, 11) is 3.39. The molecular weight excluding hydrogens is 226 g/mol. The fourth-order valence-corrected chi connectivity index (χ4v) is 2.01. The van der Waals surface area contributed by atoms with Crippen molar-refractivity contribution in [2.24, 2.45) is 11.1 Å². The SMILES string of the molecule is COc1ccc(CCC(C)(C)CN)c(OC)c1C. The highest BCUT2D eigenvalue weighted by atomic mass is 16.5. The first-order chi connectivity index (χ1) is 8.45. The third-order valence-corrected chi connectivity index (χ3v) is 3.49. The van der Waals surface area contributed by atoms with E-state index in [4.69, 9.17) is 15.2 Å². The number of ether oxygens (including phenoxy) is 2. The van der Waals surface area contributed by atoms with Crippen molar-refractivity contribution in [3.63, 3.8) is 0 Å². The normalized spacial score (nSPS) is 11.4. The van der Waals surface area contributed by atoms with Gasteiger partial charge in [-0.15, -0.1) is 0 Å². The van der Waals surface area contributed by atoms with Crippen LogP contribution in [0.15, 0.2) is 12.1 Å². The zero-order chi connectivity index (χ0) is 13.8. The Morgan fingerprint density at radius 3 is 2.33 bits per heavy atom. The van der Waals surface area contributed by atoms with Crippen molar-refractivity contribution in [2.75, 3.05) is 20.8 Å². The van der Waals surface area contributed by atoms with E-state index in [-0.39, 0.29) is 5.41 Å². The smallest absolute Gasteiger partial charge is 0.128 e. The Hall–Kier alpha value is -1.22. The first kappa shape index (κ1) is 14.8. The number of hydrogen-bond donors (Lipinski definition) is 1. The predicted octanol–water partition coefficient (Wildman–Crippen LogP) is 2.93. The zero-order valence-corrected chi connectivity index (χ0v) is 12.2. The van der Waals surface area contributed by atoms with Gasteiger partial charge in [0, 0.05) is 5.56 Å². The van der Waals surface area contributed by atoms with Crippen molar-refractivity contribution < 1.29 is 9.47 Å². The first-order valence-electron chi connectivity index (χ1n) is 6.35. The molecule has 0 amide bonds. The topological polar surface area (TPSA) is 44.5 Å². The van der Waals surface area contributed by atoms with Gasteiger partial charge in [0.05, 0.1) is 14.2 Å². The lowest BCUT2D eigenvalue weighted by molar-refractivity contribution is 0.341. The molecule has 0 aliphatic rings. The molecule has 0 saturated heterocycles. The van der Waals surface area contributed by atoms with Crippen molar-refractivity contribution in [3.8, 4) is 11.5 Å². The molecule has 3 nitrogen and oxygen atoms in total. The van der Waals surface area contributed by atoms with Gasteiger partial charge in [-0.2, -0.15) is 0 Å². The molecule has 0 spiro atoms. The number of nitrogens with two attached hydrogens (primary N) is 1. The van der Waals surface area contributed by atoms with Crippen LogP contribution in [0, 0.1) is 12.3 Å². The van der Waals surface area contributed by atoms with Gasteiger partial charge in [0.15, 0.2) is 0 Å². The molecule has 0 bridgehead atoms. The van der Waals surface area contributed by atoms with Crippen molar-refractivity contribution >= 4 is 0 Å². The molecule has 1 rings (SSSR count). The minimum absolute atomic E-state index is 0.166. The van der Waals surface area contributed by atoms with Gasteiger partial charge >= 0.3 is 0 Å². The molecule has 1 aromatic carbocycles. The van der Waals surface area contributed by atoms with Crippen LogP contribution in [0.2, 0.25) is 0 Å². The summed E-state index contributed by atoms with van der Waals surface area (Å²) in [6.07, 6.45) is 2.02. The molecule has 3 heteroatoms. The van der Waals surface area contributed by atoms with Crippen LogP contribution < -0.4 is 15.2 Å². The Bertz CT molecular complexity index is 400. The number of methoxy groups -OCH3 is 2. The molecule has 0 aromatic heterocycles. The van der Waals surface area contributed by atoms with Crippen LogP contribution >= 0.6 is 0 Å². The molecule has 1 aromatic rings. The second-order valence-electron chi connectivity index (χ2n) is 5.45. The van der Waals surface area contributed by atoms with Gasteiger partial charge in [0.2, 0.25) is 0 Å². The Kier molecular flexibility index (Phi) is 5.03. The van der Waals surface area contributed by atoms with Gasteiger partial charge in [-0.1, -0.05) is 19.9 Å². The van der Waals surface area contributed by atoms with E-state index >= 15 is 0 Å². The minimum atomic E-state index is 0.166. The lowest BCUT2D eigenvalue weighted by atomic mass is 9.86. The molecule has 0 aliphatic heterocycles. The van der Waals surface area contributed by atoms with E-state index in [0.29, 0.717) is 6.54 Å². The van der Waals surface area contributed by atoms with Crippen LogP contribution in [-0.4, -0.2) is 20.8 Å². The maximum Gasteiger partial charge on any atom is 0.128 e. The van der Waals surface area contributed by atoms with E-state index < -0.39 is 0 Å². The quantitative estimate of drug-likeness (QED) is 0.845. The lowest BCUT2D eigenvalue weighted by Crippen LogP contribution is -2.24. The van der Waals surface area contributed by atoms with E-state index in [1.54, 1.807) is 14.2 Å². The van der Waals surface area contributed by atoms with Crippen LogP contribution in [0.25, 0.3) is 0 Å². The third-order valence-electron chi connectivity index (χ3n) is 3.49. The highest BCUT2D eigenvalue weighted by molar-refractivity contribution is 5.49. The maximum absolute atomic E-state index is 5.77. The molecule has 0 heterocycles. The zero-order valence-electron chi connectivity index (χ0n) is 12.2. The fourth-order valence-electron chi connectivity index (χ4n) is 2.01. The summed E-state index contributed by atoms with van der Waals surface area (Å²) in [6, 6.07) is 4.08. The average Bonchev–Trinajstić information content (AvgIpc) is 2.36. The number of rotatable bonds is 6. The molecule has 0 saturated carbocycles. The molecule has 0 radical (unpaired) electrons. The highest BCUT2D eigenvalue weighted by Crippen LogP contribution is 2.33. The summed E-state index contributed by atoms with van der Waals surface area (Å²) in [5.41, 5.74) is 8.21. The highest BCUT2D eigenvalue weighted by Gasteiger charge is 2.18. The van der Waals surface area contributed by atoms with Crippen molar-refractivity contribution in [2.45, 2.75) is 33.6 Å². The predicted molar refractivity (Wildman–Crippen MR) is 75.4 cm³/mol. The maximum atomic E-state index is 5.77. The summed E-state index contributed by atoms with van der Waals surface area (Å²) < 4.78 is 10.8. The molecule has 0 fully saturated rings. The van der Waals surface area contributed by atoms with Crippen molar-refractivity contribution in [1.82, 2.24) is 0 Å². The lowest BCUT2D eigenvalue weighted by Gasteiger charge is -2.23. The fraction of sp³-hybridized carbons (Fsp3) is 0.600. The summed E-state index contributed by atoms with van der Waals surface area (Å²) in [4.78, 5) is 0. The van der Waals surface area contributed by atoms with E-state index in [9.17, 15) is 0 Å². The average molecular weight is 251 g/mol. The van der Waals surface area contributed by atoms with Gasteiger partial charge in [0.1, 0.15) is 11.5 Å². The first-order valence-corrected chi connectivity index (χ1v) is 6.35. The molecule has 2 N–H and O–H groups in total. The van der Waals surface area contributed by atoms with E-state index in [0.717, 1.165) is 29.9 Å². The molecule has 0 atom stereocenters. The van der Waals surface area contributed by atoms with Gasteiger partial charge in [-0.25, -0.2) is 0 Å². The molecular formula is C15H25NO2. The Morgan fingerprint density at radius 2 is 1.83 bits per heavy atom. The van der Waals surface area contributed by atoms with Gasteiger partial charge in [-0.05, 0) is 43.4 Å². The third kappa shape index (κ3) is 3.39. The number of benzene rings is 1. The molecule has 0 unspecified atom stereocenters. The van der Waals surface area contributed by atoms with Crippen LogP contribution in [-0.2, 0) is 6.42 Å². The van der Waals surface area contributed by atoms with Gasteiger partial charge in [0.25, 0.3) is 0 Å². The van der Waals surface area contributed by atoms with Crippen LogP contribution in [0.1, 0.15) is 31.4 Å².